The molecule has 0 aliphatic carbocycles. The third kappa shape index (κ3) is 3.93. The van der Waals surface area contributed by atoms with Gasteiger partial charge in [-0.15, -0.1) is 0 Å². The van der Waals surface area contributed by atoms with E-state index >= 15 is 0 Å². The normalized spacial score (nSPS) is 18.3. The zero-order valence-corrected chi connectivity index (χ0v) is 18.7. The van der Waals surface area contributed by atoms with Crippen molar-refractivity contribution in [3.8, 4) is 0 Å². The van der Waals surface area contributed by atoms with Gasteiger partial charge < -0.3 is 0 Å². The number of nitrogens with zero attached hydrogens (tertiary/aromatic N) is 2. The van der Waals surface area contributed by atoms with Crippen molar-refractivity contribution in [2.24, 2.45) is 0 Å². The second kappa shape index (κ2) is 8.01. The van der Waals surface area contributed by atoms with Crippen LogP contribution >= 0.6 is 23.2 Å². The number of anilines is 2. The molecule has 0 unspecified atom stereocenters. The predicted octanol–water partition coefficient (Wildman–Crippen LogP) is 7.98. The number of carbonyl (C=O) groups excluding carboxylic acids is 1. The maximum Gasteiger partial charge on any atom is 0.416 e. The lowest BCUT2D eigenvalue weighted by molar-refractivity contribution is -0.137. The minimum atomic E-state index is -4.50. The summed E-state index contributed by atoms with van der Waals surface area (Å²) in [7, 11) is 0. The van der Waals surface area contributed by atoms with Gasteiger partial charge in [-0.2, -0.15) is 13.2 Å². The van der Waals surface area contributed by atoms with E-state index in [0.717, 1.165) is 12.1 Å². The van der Waals surface area contributed by atoms with E-state index in [9.17, 15) is 18.0 Å². The number of benzene rings is 3. The van der Waals surface area contributed by atoms with E-state index in [2.05, 4.69) is 0 Å². The van der Waals surface area contributed by atoms with E-state index in [1.807, 2.05) is 13.8 Å². The van der Waals surface area contributed by atoms with Crippen LogP contribution in [-0.4, -0.2) is 11.6 Å². The minimum Gasteiger partial charge on any atom is -0.286 e. The Morgan fingerprint density at radius 3 is 1.91 bits per heavy atom. The molecule has 32 heavy (non-hydrogen) atoms. The first-order chi connectivity index (χ1) is 15.0. The molecule has 4 rings (SSSR count). The maximum absolute atomic E-state index is 13.7. The molecule has 1 fully saturated rings. The first-order valence-electron chi connectivity index (χ1n) is 9.82. The lowest BCUT2D eigenvalue weighted by Gasteiger charge is -2.35. The van der Waals surface area contributed by atoms with Crippen molar-refractivity contribution in [2.75, 3.05) is 9.80 Å². The molecule has 1 aliphatic rings. The molecule has 1 atom stereocenters. The Bertz CT molecular complexity index is 1150. The Labute approximate surface area is 194 Å². The van der Waals surface area contributed by atoms with Crippen molar-refractivity contribution in [3.05, 3.63) is 94.0 Å². The van der Waals surface area contributed by atoms with Gasteiger partial charge in [-0.1, -0.05) is 35.3 Å². The monoisotopic (exact) mass is 478 g/mol. The van der Waals surface area contributed by atoms with Crippen molar-refractivity contribution >= 4 is 40.6 Å². The smallest absolute Gasteiger partial charge is 0.286 e. The average Bonchev–Trinajstić information content (AvgIpc) is 2.94. The molecule has 0 aromatic heterocycles. The molecule has 0 N–H and O–H groups in total. The molecular weight excluding hydrogens is 460 g/mol. The van der Waals surface area contributed by atoms with E-state index in [1.165, 1.54) is 11.0 Å². The van der Waals surface area contributed by atoms with Crippen molar-refractivity contribution in [2.45, 2.75) is 31.6 Å². The minimum absolute atomic E-state index is 0.359. The van der Waals surface area contributed by atoms with Crippen molar-refractivity contribution in [3.63, 3.8) is 0 Å². The second-order valence-electron chi connectivity index (χ2n) is 8.12. The Morgan fingerprint density at radius 2 is 1.38 bits per heavy atom. The highest BCUT2D eigenvalue weighted by molar-refractivity contribution is 6.31. The Kier molecular flexibility index (Phi) is 5.63. The molecule has 3 aromatic carbocycles. The summed E-state index contributed by atoms with van der Waals surface area (Å²) in [6.07, 6.45) is -4.50. The second-order valence-corrected chi connectivity index (χ2v) is 8.99. The van der Waals surface area contributed by atoms with Gasteiger partial charge in [0.25, 0.3) is 0 Å². The molecule has 0 radical (unpaired) electrons. The van der Waals surface area contributed by atoms with Crippen molar-refractivity contribution < 1.29 is 18.0 Å². The number of urea groups is 1. The molecule has 1 saturated heterocycles. The molecule has 1 aliphatic heterocycles. The van der Waals surface area contributed by atoms with Gasteiger partial charge in [-0.05, 0) is 80.1 Å². The molecule has 8 heteroatoms. The lowest BCUT2D eigenvalue weighted by Crippen LogP contribution is -2.43. The highest BCUT2D eigenvalue weighted by atomic mass is 35.5. The number of amides is 2. The Hall–Kier alpha value is -2.70. The number of hydrogen-bond donors (Lipinski definition) is 0. The van der Waals surface area contributed by atoms with Gasteiger partial charge in [0.05, 0.1) is 17.1 Å². The average molecular weight is 479 g/mol. The molecular formula is C24H19Cl2F3N2O. The van der Waals surface area contributed by atoms with Crippen LogP contribution in [-0.2, 0) is 6.18 Å². The zero-order valence-electron chi connectivity index (χ0n) is 17.2. The van der Waals surface area contributed by atoms with Gasteiger partial charge in [0.15, 0.2) is 0 Å². The van der Waals surface area contributed by atoms with E-state index < -0.39 is 23.3 Å². The molecule has 0 bridgehead atoms. The van der Waals surface area contributed by atoms with Gasteiger partial charge in [0.2, 0.25) is 0 Å². The summed E-state index contributed by atoms with van der Waals surface area (Å²) >= 11 is 12.0. The number of rotatable bonds is 3. The number of hydrogen-bond acceptors (Lipinski definition) is 1. The number of halogens is 5. The fraction of sp³-hybridized carbons (Fsp3) is 0.208. The van der Waals surface area contributed by atoms with E-state index in [1.54, 1.807) is 59.5 Å². The first kappa shape index (κ1) is 22.5. The van der Waals surface area contributed by atoms with Crippen LogP contribution in [0.4, 0.5) is 29.3 Å². The summed E-state index contributed by atoms with van der Waals surface area (Å²) in [5, 5.41) is 1.01. The van der Waals surface area contributed by atoms with Crippen LogP contribution in [0.2, 0.25) is 10.0 Å². The topological polar surface area (TPSA) is 23.6 Å². The van der Waals surface area contributed by atoms with Crippen LogP contribution < -0.4 is 9.80 Å². The largest absolute Gasteiger partial charge is 0.416 e. The van der Waals surface area contributed by atoms with Crippen molar-refractivity contribution in [1.82, 2.24) is 0 Å². The molecule has 1 heterocycles. The maximum atomic E-state index is 13.7. The third-order valence-corrected chi connectivity index (χ3v) is 6.12. The summed E-state index contributed by atoms with van der Waals surface area (Å²) in [5.74, 6) is 0. The summed E-state index contributed by atoms with van der Waals surface area (Å²) in [5.41, 5.74) is -0.151. The van der Waals surface area contributed by atoms with Gasteiger partial charge in [-0.25, -0.2) is 4.79 Å². The highest BCUT2D eigenvalue weighted by Crippen LogP contribution is 2.48. The SMILES string of the molecule is CC1(C)[C@H](c2cccc(C(F)(F)F)c2)N(c2ccc(Cl)cc2)C(=O)N1c1ccc(Cl)cc1. The molecule has 3 nitrogen and oxygen atoms in total. The van der Waals surface area contributed by atoms with E-state index in [0.29, 0.717) is 27.0 Å². The van der Waals surface area contributed by atoms with Gasteiger partial charge in [0, 0.05) is 21.4 Å². The number of alkyl halides is 3. The van der Waals surface area contributed by atoms with Gasteiger partial charge in [-0.3, -0.25) is 9.80 Å². The quantitative estimate of drug-likeness (QED) is 0.374. The van der Waals surface area contributed by atoms with Crippen LogP contribution in [0.3, 0.4) is 0 Å². The van der Waals surface area contributed by atoms with Crippen molar-refractivity contribution in [1.29, 1.82) is 0 Å². The summed E-state index contributed by atoms with van der Waals surface area (Å²) in [6.45, 7) is 3.67. The first-order valence-corrected chi connectivity index (χ1v) is 10.6. The van der Waals surface area contributed by atoms with Crippen LogP contribution in [0.25, 0.3) is 0 Å². The predicted molar refractivity (Wildman–Crippen MR) is 122 cm³/mol. The summed E-state index contributed by atoms with van der Waals surface area (Å²) in [6, 6.07) is 17.5. The van der Waals surface area contributed by atoms with E-state index in [-0.39, 0.29) is 6.03 Å². The summed E-state index contributed by atoms with van der Waals surface area (Å²) < 4.78 is 40.3. The zero-order chi connectivity index (χ0) is 23.3. The molecule has 166 valence electrons. The van der Waals surface area contributed by atoms with Crippen LogP contribution in [0.5, 0.6) is 0 Å². The van der Waals surface area contributed by atoms with Crippen LogP contribution in [0.1, 0.15) is 31.0 Å². The highest BCUT2D eigenvalue weighted by Gasteiger charge is 2.53. The third-order valence-electron chi connectivity index (χ3n) is 5.62. The summed E-state index contributed by atoms with van der Waals surface area (Å²) in [4.78, 5) is 16.8. The standard InChI is InChI=1S/C24H19Cl2F3N2O/c1-23(2)21(15-4-3-5-16(14-15)24(27,28)29)30(19-10-6-17(25)7-11-19)22(32)31(23)20-12-8-18(26)9-13-20/h3-14,21H,1-2H3/t21-/m0/s1. The fourth-order valence-corrected chi connectivity index (χ4v) is 4.49. The van der Waals surface area contributed by atoms with Gasteiger partial charge in [0.1, 0.15) is 0 Å². The molecule has 0 spiro atoms. The van der Waals surface area contributed by atoms with Crippen LogP contribution in [0, 0.1) is 0 Å². The number of carbonyl (C=O) groups is 1. The van der Waals surface area contributed by atoms with Crippen LogP contribution in [0.15, 0.2) is 72.8 Å². The fourth-order valence-electron chi connectivity index (χ4n) is 4.24. The molecule has 0 saturated carbocycles. The van der Waals surface area contributed by atoms with Gasteiger partial charge >= 0.3 is 12.2 Å². The Morgan fingerprint density at radius 1 is 0.844 bits per heavy atom. The Balaban J connectivity index is 1.90. The molecule has 3 aromatic rings. The lowest BCUT2D eigenvalue weighted by atomic mass is 9.87. The molecule has 2 amide bonds. The van der Waals surface area contributed by atoms with E-state index in [4.69, 9.17) is 23.2 Å².